The topological polar surface area (TPSA) is 105 Å². The maximum absolute atomic E-state index is 12.3. The number of carbonyl (C=O) groups is 2. The van der Waals surface area contributed by atoms with E-state index < -0.39 is 6.09 Å². The Labute approximate surface area is 148 Å². The van der Waals surface area contributed by atoms with Crippen LogP contribution >= 0.6 is 0 Å². The van der Waals surface area contributed by atoms with Crippen molar-refractivity contribution in [2.24, 2.45) is 5.41 Å². The fraction of sp³-hybridized carbons (Fsp3) is 0.882. The van der Waals surface area contributed by atoms with Gasteiger partial charge in [-0.1, -0.05) is 0 Å². The molecule has 142 valence electrons. The fourth-order valence-electron chi connectivity index (χ4n) is 4.12. The van der Waals surface area contributed by atoms with E-state index in [1.165, 1.54) is 4.90 Å². The molecule has 2 aliphatic heterocycles. The van der Waals surface area contributed by atoms with Crippen LogP contribution in [0, 0.1) is 5.41 Å². The van der Waals surface area contributed by atoms with Crippen LogP contribution in [-0.4, -0.2) is 100 Å². The van der Waals surface area contributed by atoms with Gasteiger partial charge in [0.15, 0.2) is 0 Å². The number of nitrogens with zero attached hydrogens (tertiary/aromatic N) is 3. The zero-order valence-corrected chi connectivity index (χ0v) is 14.6. The van der Waals surface area contributed by atoms with Crippen LogP contribution < -0.4 is 0 Å². The average molecular weight is 355 g/mol. The maximum Gasteiger partial charge on any atom is 0.407 e. The highest BCUT2D eigenvalue weighted by Gasteiger charge is 2.51. The Kier molecular flexibility index (Phi) is 5.50. The highest BCUT2D eigenvalue weighted by molar-refractivity contribution is 5.78. The average Bonchev–Trinajstić information content (AvgIpc) is 3.38. The quantitative estimate of drug-likeness (QED) is 0.631. The summed E-state index contributed by atoms with van der Waals surface area (Å²) in [6.45, 7) is 3.03. The van der Waals surface area contributed by atoms with Gasteiger partial charge in [-0.05, 0) is 37.6 Å². The molecule has 0 aromatic carbocycles. The first-order chi connectivity index (χ1) is 11.9. The van der Waals surface area contributed by atoms with Crippen molar-refractivity contribution in [3.8, 4) is 0 Å². The van der Waals surface area contributed by atoms with Crippen LogP contribution in [0.4, 0.5) is 4.79 Å². The summed E-state index contributed by atoms with van der Waals surface area (Å²) in [6, 6.07) is -0.296. The molecular formula is C17H29N3O5. The number of hydrogen-bond acceptors (Lipinski definition) is 5. The second-order valence-electron chi connectivity index (χ2n) is 7.66. The molecule has 0 aromatic rings. The molecular weight excluding hydrogens is 326 g/mol. The molecule has 0 aromatic heterocycles. The number of amides is 2. The zero-order chi connectivity index (χ0) is 18.0. The van der Waals surface area contributed by atoms with Gasteiger partial charge in [-0.25, -0.2) is 4.79 Å². The lowest BCUT2D eigenvalue weighted by molar-refractivity contribution is -0.133. The molecule has 8 heteroatoms. The second-order valence-corrected chi connectivity index (χ2v) is 7.66. The maximum atomic E-state index is 12.3. The van der Waals surface area contributed by atoms with Gasteiger partial charge in [0.05, 0.1) is 18.8 Å². The van der Waals surface area contributed by atoms with Crippen LogP contribution in [0.1, 0.15) is 32.1 Å². The third kappa shape index (κ3) is 4.07. The molecule has 3 fully saturated rings. The molecule has 2 atom stereocenters. The predicted molar refractivity (Wildman–Crippen MR) is 90.1 cm³/mol. The number of aliphatic hydroxyl groups is 2. The summed E-state index contributed by atoms with van der Waals surface area (Å²) in [7, 11) is 0. The summed E-state index contributed by atoms with van der Waals surface area (Å²) >= 11 is 0. The van der Waals surface area contributed by atoms with E-state index in [1.807, 2.05) is 0 Å². The fourth-order valence-corrected chi connectivity index (χ4v) is 4.12. The number of carbonyl (C=O) groups excluding carboxylic acids is 1. The van der Waals surface area contributed by atoms with Crippen LogP contribution in [-0.2, 0) is 4.79 Å². The van der Waals surface area contributed by atoms with E-state index in [-0.39, 0.29) is 49.6 Å². The van der Waals surface area contributed by atoms with Crippen LogP contribution in [0.3, 0.4) is 0 Å². The largest absolute Gasteiger partial charge is 0.465 e. The second kappa shape index (κ2) is 7.47. The van der Waals surface area contributed by atoms with Gasteiger partial charge in [0, 0.05) is 39.1 Å². The van der Waals surface area contributed by atoms with Gasteiger partial charge in [-0.3, -0.25) is 4.79 Å². The highest BCUT2D eigenvalue weighted by Crippen LogP contribution is 2.53. The Hall–Kier alpha value is -1.38. The SMILES string of the molecule is O=C(O)N1CCC(=O)N([C@H](CO)CCN2CCC3(CC3)C(O)C2)CC1. The third-order valence-corrected chi connectivity index (χ3v) is 6.18. The molecule has 1 aliphatic carbocycles. The van der Waals surface area contributed by atoms with Gasteiger partial charge in [-0.2, -0.15) is 0 Å². The lowest BCUT2D eigenvalue weighted by Gasteiger charge is -2.38. The minimum absolute atomic E-state index is 0.0987. The summed E-state index contributed by atoms with van der Waals surface area (Å²) in [6.07, 6.45) is 2.80. The summed E-state index contributed by atoms with van der Waals surface area (Å²) in [5.74, 6) is -0.0987. The van der Waals surface area contributed by atoms with E-state index in [9.17, 15) is 19.8 Å². The van der Waals surface area contributed by atoms with E-state index in [2.05, 4.69) is 4.90 Å². The molecule has 1 saturated carbocycles. The number of piperidine rings is 1. The number of rotatable bonds is 5. The first kappa shape index (κ1) is 18.4. The number of aliphatic hydroxyl groups excluding tert-OH is 2. The first-order valence-corrected chi connectivity index (χ1v) is 9.24. The van der Waals surface area contributed by atoms with Crippen LogP contribution in [0.2, 0.25) is 0 Å². The van der Waals surface area contributed by atoms with Crippen molar-refractivity contribution in [1.29, 1.82) is 0 Å². The Bertz CT molecular complexity index is 511. The summed E-state index contributed by atoms with van der Waals surface area (Å²) in [5, 5.41) is 29.1. The van der Waals surface area contributed by atoms with E-state index in [0.717, 1.165) is 32.4 Å². The van der Waals surface area contributed by atoms with Crippen LogP contribution in [0.25, 0.3) is 0 Å². The van der Waals surface area contributed by atoms with E-state index in [4.69, 9.17) is 5.11 Å². The van der Waals surface area contributed by atoms with Gasteiger partial charge >= 0.3 is 6.09 Å². The Morgan fingerprint density at radius 2 is 1.96 bits per heavy atom. The predicted octanol–water partition coefficient (Wildman–Crippen LogP) is -0.203. The molecule has 3 N–H and O–H groups in total. The van der Waals surface area contributed by atoms with Crippen molar-refractivity contribution < 1.29 is 24.9 Å². The lowest BCUT2D eigenvalue weighted by Crippen LogP contribution is -2.48. The van der Waals surface area contributed by atoms with E-state index in [0.29, 0.717) is 19.5 Å². The minimum atomic E-state index is -1.01. The summed E-state index contributed by atoms with van der Waals surface area (Å²) in [4.78, 5) is 28.5. The standard InChI is InChI=1S/C17H29N3O5/c21-12-13(20-10-9-19(16(24)25)7-2-15(20)23)1-6-18-8-5-17(3-4-17)14(22)11-18/h13-14,21-22H,1-12H2,(H,24,25)/t13-,14?/m0/s1. The Morgan fingerprint density at radius 3 is 2.56 bits per heavy atom. The van der Waals surface area contributed by atoms with Gasteiger partial charge in [-0.15, -0.1) is 0 Å². The molecule has 3 rings (SSSR count). The molecule has 2 amide bonds. The van der Waals surface area contributed by atoms with Crippen molar-refractivity contribution in [2.45, 2.75) is 44.2 Å². The first-order valence-electron chi connectivity index (χ1n) is 9.24. The molecule has 0 radical (unpaired) electrons. The monoisotopic (exact) mass is 355 g/mol. The molecule has 3 aliphatic rings. The van der Waals surface area contributed by atoms with Crippen molar-refractivity contribution in [3.05, 3.63) is 0 Å². The van der Waals surface area contributed by atoms with Gasteiger partial charge in [0.2, 0.25) is 5.91 Å². The third-order valence-electron chi connectivity index (χ3n) is 6.18. The smallest absolute Gasteiger partial charge is 0.407 e. The normalized spacial score (nSPS) is 28.1. The van der Waals surface area contributed by atoms with Crippen molar-refractivity contribution in [2.75, 3.05) is 45.9 Å². The molecule has 25 heavy (non-hydrogen) atoms. The van der Waals surface area contributed by atoms with Gasteiger partial charge in [0.25, 0.3) is 0 Å². The summed E-state index contributed by atoms with van der Waals surface area (Å²) < 4.78 is 0. The molecule has 1 unspecified atom stereocenters. The van der Waals surface area contributed by atoms with E-state index in [1.54, 1.807) is 4.90 Å². The molecule has 1 spiro atoms. The highest BCUT2D eigenvalue weighted by atomic mass is 16.4. The van der Waals surface area contributed by atoms with Crippen molar-refractivity contribution in [3.63, 3.8) is 0 Å². The molecule has 8 nitrogen and oxygen atoms in total. The zero-order valence-electron chi connectivity index (χ0n) is 14.6. The van der Waals surface area contributed by atoms with Gasteiger partial charge in [0.1, 0.15) is 0 Å². The Balaban J connectivity index is 1.51. The van der Waals surface area contributed by atoms with Crippen LogP contribution in [0.5, 0.6) is 0 Å². The van der Waals surface area contributed by atoms with E-state index >= 15 is 0 Å². The van der Waals surface area contributed by atoms with Gasteiger partial charge < -0.3 is 30.0 Å². The molecule has 0 bridgehead atoms. The number of β-amino-alcohol motifs (C(OH)–C–C–N with tert-alkyl or cyclic N) is 1. The van der Waals surface area contributed by atoms with Crippen molar-refractivity contribution in [1.82, 2.24) is 14.7 Å². The minimum Gasteiger partial charge on any atom is -0.465 e. The number of carboxylic acid groups (broad SMARTS) is 1. The van der Waals surface area contributed by atoms with Crippen molar-refractivity contribution >= 4 is 12.0 Å². The summed E-state index contributed by atoms with van der Waals surface area (Å²) in [5.41, 5.74) is 0.175. The van der Waals surface area contributed by atoms with Crippen LogP contribution in [0.15, 0.2) is 0 Å². The number of likely N-dealkylation sites (tertiary alicyclic amines) is 1. The molecule has 2 heterocycles. The molecule has 2 saturated heterocycles. The number of hydrogen-bond donors (Lipinski definition) is 3. The Morgan fingerprint density at radius 1 is 1.20 bits per heavy atom. The lowest BCUT2D eigenvalue weighted by atomic mass is 9.90.